The van der Waals surface area contributed by atoms with Crippen molar-refractivity contribution in [2.75, 3.05) is 20.3 Å². The molecule has 1 aromatic carbocycles. The van der Waals surface area contributed by atoms with Crippen LogP contribution >= 0.6 is 0 Å². The summed E-state index contributed by atoms with van der Waals surface area (Å²) in [6.07, 6.45) is 5.60. The number of nitrogens with one attached hydrogen (secondary N) is 1. The zero-order valence-corrected chi connectivity index (χ0v) is 14.1. The van der Waals surface area contributed by atoms with E-state index in [-0.39, 0.29) is 0 Å². The van der Waals surface area contributed by atoms with Gasteiger partial charge in [0.1, 0.15) is 0 Å². The molecule has 0 amide bonds. The SMILES string of the molecule is CCCCC(NC)c1ccc(OCCC)c(OCCC)c1. The molecule has 0 aromatic heterocycles. The molecule has 1 unspecified atom stereocenters. The van der Waals surface area contributed by atoms with Gasteiger partial charge in [0.15, 0.2) is 11.5 Å². The van der Waals surface area contributed by atoms with Crippen molar-refractivity contribution in [3.63, 3.8) is 0 Å². The van der Waals surface area contributed by atoms with Crippen LogP contribution in [0.1, 0.15) is 64.5 Å². The number of unbranched alkanes of at least 4 members (excludes halogenated alkanes) is 1. The monoisotopic (exact) mass is 293 g/mol. The maximum Gasteiger partial charge on any atom is 0.161 e. The van der Waals surface area contributed by atoms with Crippen molar-refractivity contribution in [1.82, 2.24) is 5.32 Å². The van der Waals surface area contributed by atoms with E-state index in [1.165, 1.54) is 18.4 Å². The van der Waals surface area contributed by atoms with Crippen LogP contribution in [0.5, 0.6) is 11.5 Å². The molecule has 0 spiro atoms. The zero-order valence-electron chi connectivity index (χ0n) is 14.1. The molecule has 0 aliphatic rings. The number of hydrogen-bond donors (Lipinski definition) is 1. The predicted molar refractivity (Wildman–Crippen MR) is 89.3 cm³/mol. The van der Waals surface area contributed by atoms with Crippen LogP contribution in [0, 0.1) is 0 Å². The molecule has 3 nitrogen and oxygen atoms in total. The van der Waals surface area contributed by atoms with Crippen LogP contribution in [0.25, 0.3) is 0 Å². The second-order valence-corrected chi connectivity index (χ2v) is 5.39. The number of benzene rings is 1. The lowest BCUT2D eigenvalue weighted by molar-refractivity contribution is 0.268. The third-order valence-corrected chi connectivity index (χ3v) is 3.49. The molecule has 1 N–H and O–H groups in total. The highest BCUT2D eigenvalue weighted by atomic mass is 16.5. The second-order valence-electron chi connectivity index (χ2n) is 5.39. The zero-order chi connectivity index (χ0) is 15.5. The fraction of sp³-hybridized carbons (Fsp3) is 0.667. The molecule has 21 heavy (non-hydrogen) atoms. The van der Waals surface area contributed by atoms with Gasteiger partial charge in [-0.3, -0.25) is 0 Å². The number of hydrogen-bond acceptors (Lipinski definition) is 3. The molecule has 0 fully saturated rings. The van der Waals surface area contributed by atoms with Gasteiger partial charge in [-0.25, -0.2) is 0 Å². The highest BCUT2D eigenvalue weighted by molar-refractivity contribution is 5.44. The van der Waals surface area contributed by atoms with Gasteiger partial charge in [0.2, 0.25) is 0 Å². The Morgan fingerprint density at radius 3 is 2.19 bits per heavy atom. The predicted octanol–water partition coefficient (Wildman–Crippen LogP) is 4.71. The van der Waals surface area contributed by atoms with Gasteiger partial charge in [-0.05, 0) is 44.0 Å². The van der Waals surface area contributed by atoms with Crippen LogP contribution in [0.15, 0.2) is 18.2 Å². The van der Waals surface area contributed by atoms with E-state index >= 15 is 0 Å². The summed E-state index contributed by atoms with van der Waals surface area (Å²) < 4.78 is 11.7. The van der Waals surface area contributed by atoms with E-state index in [9.17, 15) is 0 Å². The maximum atomic E-state index is 5.87. The van der Waals surface area contributed by atoms with Crippen molar-refractivity contribution in [3.05, 3.63) is 23.8 Å². The third-order valence-electron chi connectivity index (χ3n) is 3.49. The van der Waals surface area contributed by atoms with Crippen LogP contribution in [-0.4, -0.2) is 20.3 Å². The van der Waals surface area contributed by atoms with Crippen molar-refractivity contribution in [2.24, 2.45) is 0 Å². The van der Waals surface area contributed by atoms with Gasteiger partial charge >= 0.3 is 0 Å². The van der Waals surface area contributed by atoms with Crippen LogP contribution in [0.3, 0.4) is 0 Å². The molecule has 0 bridgehead atoms. The Labute approximate surface area is 130 Å². The summed E-state index contributed by atoms with van der Waals surface area (Å²) in [6.45, 7) is 7.92. The summed E-state index contributed by atoms with van der Waals surface area (Å²) in [5.74, 6) is 1.74. The molecule has 1 aromatic rings. The van der Waals surface area contributed by atoms with Gasteiger partial charge in [0.25, 0.3) is 0 Å². The highest BCUT2D eigenvalue weighted by Crippen LogP contribution is 2.32. The number of rotatable bonds is 11. The molecule has 0 saturated heterocycles. The Morgan fingerprint density at radius 2 is 1.62 bits per heavy atom. The van der Waals surface area contributed by atoms with E-state index in [1.54, 1.807) is 0 Å². The van der Waals surface area contributed by atoms with Gasteiger partial charge in [-0.2, -0.15) is 0 Å². The maximum absolute atomic E-state index is 5.87. The molecule has 3 heteroatoms. The van der Waals surface area contributed by atoms with Gasteiger partial charge in [0, 0.05) is 6.04 Å². The third kappa shape index (κ3) is 5.96. The van der Waals surface area contributed by atoms with Crippen LogP contribution < -0.4 is 14.8 Å². The van der Waals surface area contributed by atoms with E-state index in [2.05, 4.69) is 38.2 Å². The molecule has 0 aliphatic carbocycles. The fourth-order valence-electron chi connectivity index (χ4n) is 2.28. The first-order valence-electron chi connectivity index (χ1n) is 8.33. The standard InChI is InChI=1S/C18H31NO2/c1-5-8-9-16(19-4)15-10-11-17(20-12-6-2)18(14-15)21-13-7-3/h10-11,14,16,19H,5-9,12-13H2,1-4H3. The first-order chi connectivity index (χ1) is 10.3. The normalized spacial score (nSPS) is 12.2. The molecule has 0 heterocycles. The average Bonchev–Trinajstić information content (AvgIpc) is 2.52. The molecule has 0 radical (unpaired) electrons. The van der Waals surface area contributed by atoms with Crippen molar-refractivity contribution in [1.29, 1.82) is 0 Å². The van der Waals surface area contributed by atoms with Crippen molar-refractivity contribution in [3.8, 4) is 11.5 Å². The lowest BCUT2D eigenvalue weighted by Gasteiger charge is -2.19. The Bertz CT molecular complexity index is 393. The van der Waals surface area contributed by atoms with E-state index in [1.807, 2.05) is 13.1 Å². The van der Waals surface area contributed by atoms with Gasteiger partial charge in [0.05, 0.1) is 13.2 Å². The van der Waals surface area contributed by atoms with Crippen LogP contribution in [0.2, 0.25) is 0 Å². The van der Waals surface area contributed by atoms with E-state index in [4.69, 9.17) is 9.47 Å². The first kappa shape index (κ1) is 17.8. The van der Waals surface area contributed by atoms with E-state index in [0.29, 0.717) is 6.04 Å². The summed E-state index contributed by atoms with van der Waals surface area (Å²) in [5.41, 5.74) is 1.28. The van der Waals surface area contributed by atoms with Gasteiger partial charge < -0.3 is 14.8 Å². The van der Waals surface area contributed by atoms with E-state index in [0.717, 1.165) is 44.0 Å². The molecular formula is C18H31NO2. The fourth-order valence-corrected chi connectivity index (χ4v) is 2.28. The lowest BCUT2D eigenvalue weighted by Crippen LogP contribution is -2.16. The minimum absolute atomic E-state index is 0.383. The second kappa shape index (κ2) is 10.5. The molecule has 1 rings (SSSR count). The summed E-state index contributed by atoms with van der Waals surface area (Å²) >= 11 is 0. The number of ether oxygens (including phenoxy) is 2. The molecule has 1 atom stereocenters. The van der Waals surface area contributed by atoms with Crippen molar-refractivity contribution >= 4 is 0 Å². The molecular weight excluding hydrogens is 262 g/mol. The van der Waals surface area contributed by atoms with Crippen molar-refractivity contribution < 1.29 is 9.47 Å². The summed E-state index contributed by atoms with van der Waals surface area (Å²) in [5, 5.41) is 3.40. The van der Waals surface area contributed by atoms with Crippen LogP contribution in [0.4, 0.5) is 0 Å². The molecule has 120 valence electrons. The minimum atomic E-state index is 0.383. The molecule has 0 saturated carbocycles. The Kier molecular flexibility index (Phi) is 8.91. The highest BCUT2D eigenvalue weighted by Gasteiger charge is 2.13. The van der Waals surface area contributed by atoms with Crippen molar-refractivity contribution in [2.45, 2.75) is 58.9 Å². The van der Waals surface area contributed by atoms with E-state index < -0.39 is 0 Å². The Balaban J connectivity index is 2.89. The quantitative estimate of drug-likeness (QED) is 0.640. The summed E-state index contributed by atoms with van der Waals surface area (Å²) in [6, 6.07) is 6.72. The van der Waals surface area contributed by atoms with Gasteiger partial charge in [-0.1, -0.05) is 39.7 Å². The summed E-state index contributed by atoms with van der Waals surface area (Å²) in [4.78, 5) is 0. The Morgan fingerprint density at radius 1 is 0.952 bits per heavy atom. The average molecular weight is 293 g/mol. The first-order valence-corrected chi connectivity index (χ1v) is 8.33. The molecule has 0 aliphatic heterocycles. The minimum Gasteiger partial charge on any atom is -0.490 e. The topological polar surface area (TPSA) is 30.5 Å². The smallest absolute Gasteiger partial charge is 0.161 e. The lowest BCUT2D eigenvalue weighted by atomic mass is 10.0. The van der Waals surface area contributed by atoms with Gasteiger partial charge in [-0.15, -0.1) is 0 Å². The van der Waals surface area contributed by atoms with Crippen LogP contribution in [-0.2, 0) is 0 Å². The Hall–Kier alpha value is -1.22. The largest absolute Gasteiger partial charge is 0.490 e. The summed E-state index contributed by atoms with van der Waals surface area (Å²) in [7, 11) is 2.02.